The number of benzene rings is 1. The molecule has 1 aromatic carbocycles. The third-order valence-corrected chi connectivity index (χ3v) is 4.50. The van der Waals surface area contributed by atoms with Gasteiger partial charge < -0.3 is 10.2 Å². The van der Waals surface area contributed by atoms with Crippen LogP contribution in [-0.2, 0) is 13.0 Å². The van der Waals surface area contributed by atoms with Crippen molar-refractivity contribution in [2.24, 2.45) is 17.8 Å². The molecule has 0 aromatic heterocycles. The molecule has 0 bridgehead atoms. The van der Waals surface area contributed by atoms with Crippen molar-refractivity contribution in [3.63, 3.8) is 0 Å². The Balaban J connectivity index is 1.81. The summed E-state index contributed by atoms with van der Waals surface area (Å²) in [5.41, 5.74) is 3.00. The van der Waals surface area contributed by atoms with Crippen molar-refractivity contribution in [2.75, 3.05) is 26.7 Å². The quantitative estimate of drug-likeness (QED) is 0.699. The van der Waals surface area contributed by atoms with E-state index in [4.69, 9.17) is 0 Å². The second kappa shape index (κ2) is 7.95. The summed E-state index contributed by atoms with van der Waals surface area (Å²) in [6, 6.07) is 8.93. The summed E-state index contributed by atoms with van der Waals surface area (Å²) in [4.78, 5) is 2.49. The molecule has 0 aliphatic heterocycles. The number of hydrogen-bond donors (Lipinski definition) is 1. The van der Waals surface area contributed by atoms with Crippen molar-refractivity contribution in [3.8, 4) is 0 Å². The lowest BCUT2D eigenvalue weighted by Gasteiger charge is -2.19. The van der Waals surface area contributed by atoms with Gasteiger partial charge in [0.25, 0.3) is 0 Å². The molecule has 1 N–H and O–H groups in total. The van der Waals surface area contributed by atoms with E-state index in [2.05, 4.69) is 62.3 Å². The van der Waals surface area contributed by atoms with E-state index >= 15 is 0 Å². The first-order valence-electron chi connectivity index (χ1n) is 8.52. The molecular weight excluding hydrogens is 256 g/mol. The third-order valence-electron chi connectivity index (χ3n) is 4.50. The molecule has 0 spiro atoms. The average molecular weight is 288 g/mol. The fraction of sp³-hybridized carbons (Fsp3) is 0.684. The second-order valence-electron chi connectivity index (χ2n) is 7.29. The predicted molar refractivity (Wildman–Crippen MR) is 91.5 cm³/mol. The zero-order chi connectivity index (χ0) is 15.2. The van der Waals surface area contributed by atoms with Crippen LogP contribution in [0.15, 0.2) is 24.3 Å². The third kappa shape index (κ3) is 5.80. The molecule has 2 nitrogen and oxygen atoms in total. The van der Waals surface area contributed by atoms with Gasteiger partial charge in [0.05, 0.1) is 0 Å². The lowest BCUT2D eigenvalue weighted by molar-refractivity contribution is 0.306. The van der Waals surface area contributed by atoms with Crippen LogP contribution in [0, 0.1) is 17.8 Å². The van der Waals surface area contributed by atoms with Gasteiger partial charge in [-0.15, -0.1) is 0 Å². The Hall–Kier alpha value is -0.860. The number of hydrogen-bond acceptors (Lipinski definition) is 2. The molecule has 2 atom stereocenters. The van der Waals surface area contributed by atoms with Gasteiger partial charge in [0.1, 0.15) is 0 Å². The zero-order valence-corrected chi connectivity index (χ0v) is 14.2. The van der Waals surface area contributed by atoms with E-state index in [1.165, 1.54) is 24.1 Å². The molecule has 21 heavy (non-hydrogen) atoms. The first kappa shape index (κ1) is 16.5. The molecule has 2 heteroatoms. The monoisotopic (exact) mass is 288 g/mol. The van der Waals surface area contributed by atoms with E-state index in [1.807, 2.05) is 0 Å². The maximum Gasteiger partial charge on any atom is 0.0233 e. The van der Waals surface area contributed by atoms with Gasteiger partial charge in [-0.3, -0.25) is 0 Å². The Morgan fingerprint density at radius 1 is 1.24 bits per heavy atom. The minimum absolute atomic E-state index is 0.729. The standard InChI is InChI=1S/C19H32N2/c1-15(2)12-20-10-9-17-7-5-6-8-18(17)13-21(4)14-19-11-16(19)3/h5-8,15-16,19-20H,9-14H2,1-4H3. The lowest BCUT2D eigenvalue weighted by Crippen LogP contribution is -2.24. The maximum atomic E-state index is 3.55. The van der Waals surface area contributed by atoms with Crippen molar-refractivity contribution >= 4 is 0 Å². The molecule has 2 unspecified atom stereocenters. The molecule has 0 saturated heterocycles. The average Bonchev–Trinajstić information content (AvgIpc) is 3.11. The van der Waals surface area contributed by atoms with Crippen LogP contribution >= 0.6 is 0 Å². The van der Waals surface area contributed by atoms with Crippen molar-refractivity contribution in [1.82, 2.24) is 10.2 Å². The van der Waals surface area contributed by atoms with Crippen LogP contribution in [-0.4, -0.2) is 31.6 Å². The summed E-state index contributed by atoms with van der Waals surface area (Å²) >= 11 is 0. The summed E-state index contributed by atoms with van der Waals surface area (Å²) < 4.78 is 0. The Labute approximate surface area is 130 Å². The molecule has 0 heterocycles. The van der Waals surface area contributed by atoms with Gasteiger partial charge in [0.2, 0.25) is 0 Å². The van der Waals surface area contributed by atoms with E-state index in [0.717, 1.165) is 43.8 Å². The largest absolute Gasteiger partial charge is 0.316 e. The van der Waals surface area contributed by atoms with Gasteiger partial charge >= 0.3 is 0 Å². The zero-order valence-electron chi connectivity index (χ0n) is 14.2. The summed E-state index contributed by atoms with van der Waals surface area (Å²) in [7, 11) is 2.26. The summed E-state index contributed by atoms with van der Waals surface area (Å²) in [5.74, 6) is 2.62. The van der Waals surface area contributed by atoms with Gasteiger partial charge in [-0.05, 0) is 61.9 Å². The fourth-order valence-electron chi connectivity index (χ4n) is 2.98. The second-order valence-corrected chi connectivity index (χ2v) is 7.29. The molecule has 2 rings (SSSR count). The summed E-state index contributed by atoms with van der Waals surface area (Å²) in [6.07, 6.45) is 2.56. The fourth-order valence-corrected chi connectivity index (χ4v) is 2.98. The molecule has 118 valence electrons. The van der Waals surface area contributed by atoms with Crippen LogP contribution < -0.4 is 5.32 Å². The van der Waals surface area contributed by atoms with E-state index in [-0.39, 0.29) is 0 Å². The van der Waals surface area contributed by atoms with Crippen molar-refractivity contribution in [1.29, 1.82) is 0 Å². The highest BCUT2D eigenvalue weighted by atomic mass is 15.1. The SMILES string of the molecule is CC(C)CNCCc1ccccc1CN(C)CC1CC1C. The first-order valence-corrected chi connectivity index (χ1v) is 8.52. The molecule has 1 aromatic rings. The lowest BCUT2D eigenvalue weighted by atomic mass is 10.0. The van der Waals surface area contributed by atoms with Gasteiger partial charge in [0, 0.05) is 13.1 Å². The smallest absolute Gasteiger partial charge is 0.0233 e. The number of nitrogens with zero attached hydrogens (tertiary/aromatic N) is 1. The van der Waals surface area contributed by atoms with E-state index in [1.54, 1.807) is 0 Å². The number of nitrogens with one attached hydrogen (secondary N) is 1. The van der Waals surface area contributed by atoms with E-state index < -0.39 is 0 Å². The Morgan fingerprint density at radius 2 is 1.90 bits per heavy atom. The van der Waals surface area contributed by atoms with Crippen LogP contribution in [0.3, 0.4) is 0 Å². The molecule has 1 aliphatic carbocycles. The predicted octanol–water partition coefficient (Wildman–Crippen LogP) is 3.56. The van der Waals surface area contributed by atoms with Crippen molar-refractivity contribution in [2.45, 2.75) is 40.2 Å². The molecule has 1 fully saturated rings. The molecule has 1 saturated carbocycles. The van der Waals surface area contributed by atoms with Crippen molar-refractivity contribution in [3.05, 3.63) is 35.4 Å². The van der Waals surface area contributed by atoms with Crippen LogP contribution in [0.25, 0.3) is 0 Å². The summed E-state index contributed by atoms with van der Waals surface area (Å²) in [6.45, 7) is 11.4. The molecule has 0 radical (unpaired) electrons. The Morgan fingerprint density at radius 3 is 2.52 bits per heavy atom. The van der Waals surface area contributed by atoms with Crippen LogP contribution in [0.4, 0.5) is 0 Å². The van der Waals surface area contributed by atoms with Gasteiger partial charge in [-0.25, -0.2) is 0 Å². The van der Waals surface area contributed by atoms with Gasteiger partial charge in [0.15, 0.2) is 0 Å². The molecule has 0 amide bonds. The van der Waals surface area contributed by atoms with Crippen LogP contribution in [0.1, 0.15) is 38.3 Å². The highest BCUT2D eigenvalue weighted by Crippen LogP contribution is 2.38. The minimum Gasteiger partial charge on any atom is -0.316 e. The minimum atomic E-state index is 0.729. The highest BCUT2D eigenvalue weighted by Gasteiger charge is 2.33. The van der Waals surface area contributed by atoms with Gasteiger partial charge in [-0.1, -0.05) is 45.0 Å². The molecular formula is C19H32N2. The first-order chi connectivity index (χ1) is 10.1. The Kier molecular flexibility index (Phi) is 6.25. The van der Waals surface area contributed by atoms with Crippen LogP contribution in [0.5, 0.6) is 0 Å². The maximum absolute atomic E-state index is 3.55. The molecule has 1 aliphatic rings. The Bertz CT molecular complexity index is 427. The van der Waals surface area contributed by atoms with E-state index in [0.29, 0.717) is 0 Å². The van der Waals surface area contributed by atoms with Gasteiger partial charge in [-0.2, -0.15) is 0 Å². The summed E-state index contributed by atoms with van der Waals surface area (Å²) in [5, 5.41) is 3.55. The number of rotatable bonds is 9. The topological polar surface area (TPSA) is 15.3 Å². The van der Waals surface area contributed by atoms with Crippen LogP contribution in [0.2, 0.25) is 0 Å². The van der Waals surface area contributed by atoms with E-state index in [9.17, 15) is 0 Å². The highest BCUT2D eigenvalue weighted by molar-refractivity contribution is 5.27. The van der Waals surface area contributed by atoms with Crippen molar-refractivity contribution < 1.29 is 0 Å². The normalized spacial score (nSPS) is 21.2.